The van der Waals surface area contributed by atoms with E-state index in [1.54, 1.807) is 10.6 Å². The van der Waals surface area contributed by atoms with Crippen molar-refractivity contribution < 1.29 is 0 Å². The molecule has 0 unspecified atom stereocenters. The molecule has 6 heteroatoms. The Hall–Kier alpha value is -2.02. The number of nitrogens with zero attached hydrogens (tertiary/aromatic N) is 2. The van der Waals surface area contributed by atoms with Gasteiger partial charge in [0, 0.05) is 13.4 Å². The third-order valence-electron chi connectivity index (χ3n) is 4.25. The van der Waals surface area contributed by atoms with Crippen LogP contribution in [0.4, 0.5) is 0 Å². The Morgan fingerprint density at radius 3 is 2.32 bits per heavy atom. The zero-order chi connectivity index (χ0) is 19.7. The zero-order valence-electron chi connectivity index (χ0n) is 14.4. The van der Waals surface area contributed by atoms with E-state index in [1.165, 1.54) is 0 Å². The lowest BCUT2D eigenvalue weighted by Gasteiger charge is -2.13. The van der Waals surface area contributed by atoms with Gasteiger partial charge in [-0.05, 0) is 70.0 Å². The second-order valence-electron chi connectivity index (χ2n) is 6.11. The van der Waals surface area contributed by atoms with E-state index in [2.05, 4.69) is 47.8 Å². The molecule has 28 heavy (non-hydrogen) atoms. The van der Waals surface area contributed by atoms with Crippen molar-refractivity contribution in [3.63, 3.8) is 0 Å². The SMILES string of the molecule is O=c1c2ccccc2nc(C=Cc2ccc(Br)cc2)n1-c1cc(Br)ccc1Br. The molecule has 4 aromatic rings. The van der Waals surface area contributed by atoms with Crippen molar-refractivity contribution in [3.8, 4) is 5.69 Å². The molecule has 0 N–H and O–H groups in total. The molecular weight excluding hydrogens is 548 g/mol. The Morgan fingerprint density at radius 2 is 1.54 bits per heavy atom. The molecule has 0 aliphatic rings. The molecule has 1 heterocycles. The number of rotatable bonds is 3. The maximum Gasteiger partial charge on any atom is 0.266 e. The highest BCUT2D eigenvalue weighted by atomic mass is 79.9. The van der Waals surface area contributed by atoms with Crippen LogP contribution in [0.1, 0.15) is 11.4 Å². The first-order valence-electron chi connectivity index (χ1n) is 8.44. The average molecular weight is 561 g/mol. The molecule has 138 valence electrons. The van der Waals surface area contributed by atoms with Gasteiger partial charge in [0.05, 0.1) is 16.6 Å². The van der Waals surface area contributed by atoms with Crippen LogP contribution in [0.2, 0.25) is 0 Å². The Balaban J connectivity index is 1.97. The van der Waals surface area contributed by atoms with Crippen molar-refractivity contribution in [1.82, 2.24) is 9.55 Å². The lowest BCUT2D eigenvalue weighted by atomic mass is 10.2. The van der Waals surface area contributed by atoms with Gasteiger partial charge in [-0.3, -0.25) is 9.36 Å². The van der Waals surface area contributed by atoms with Crippen LogP contribution in [0.5, 0.6) is 0 Å². The Bertz CT molecular complexity index is 1260. The Kier molecular flexibility index (Phi) is 5.62. The van der Waals surface area contributed by atoms with Gasteiger partial charge in [-0.15, -0.1) is 0 Å². The smallest absolute Gasteiger partial charge is 0.266 e. The summed E-state index contributed by atoms with van der Waals surface area (Å²) in [4.78, 5) is 18.1. The van der Waals surface area contributed by atoms with Crippen molar-refractivity contribution in [3.05, 3.63) is 102 Å². The summed E-state index contributed by atoms with van der Waals surface area (Å²) in [6.45, 7) is 0. The largest absolute Gasteiger partial charge is 0.268 e. The first-order chi connectivity index (χ1) is 13.5. The highest BCUT2D eigenvalue weighted by Crippen LogP contribution is 2.26. The molecule has 0 saturated heterocycles. The number of para-hydroxylation sites is 1. The van der Waals surface area contributed by atoms with Crippen LogP contribution >= 0.6 is 47.8 Å². The van der Waals surface area contributed by atoms with Gasteiger partial charge in [-0.1, -0.05) is 62.2 Å². The fourth-order valence-electron chi connectivity index (χ4n) is 2.90. The van der Waals surface area contributed by atoms with Crippen molar-refractivity contribution in [1.29, 1.82) is 0 Å². The van der Waals surface area contributed by atoms with Crippen molar-refractivity contribution in [2.75, 3.05) is 0 Å². The minimum atomic E-state index is -0.111. The molecule has 0 atom stereocenters. The molecule has 0 amide bonds. The van der Waals surface area contributed by atoms with Crippen LogP contribution in [0.3, 0.4) is 0 Å². The predicted octanol–water partition coefficient (Wildman–Crippen LogP) is 6.84. The van der Waals surface area contributed by atoms with Gasteiger partial charge >= 0.3 is 0 Å². The molecule has 0 radical (unpaired) electrons. The quantitative estimate of drug-likeness (QED) is 0.275. The molecule has 0 aliphatic carbocycles. The van der Waals surface area contributed by atoms with Crippen molar-refractivity contribution >= 4 is 70.8 Å². The lowest BCUT2D eigenvalue weighted by molar-refractivity contribution is 0.938. The molecule has 0 aliphatic heterocycles. The molecule has 0 saturated carbocycles. The fraction of sp³-hybridized carbons (Fsp3) is 0. The number of aromatic nitrogens is 2. The minimum absolute atomic E-state index is 0.111. The summed E-state index contributed by atoms with van der Waals surface area (Å²) in [6.07, 6.45) is 3.82. The summed E-state index contributed by atoms with van der Waals surface area (Å²) in [5, 5.41) is 0.579. The van der Waals surface area contributed by atoms with E-state index in [1.807, 2.05) is 72.8 Å². The monoisotopic (exact) mass is 558 g/mol. The second kappa shape index (κ2) is 8.15. The maximum atomic E-state index is 13.3. The Labute approximate surface area is 187 Å². The number of benzene rings is 3. The van der Waals surface area contributed by atoms with Crippen LogP contribution in [0.15, 0.2) is 84.9 Å². The van der Waals surface area contributed by atoms with E-state index in [9.17, 15) is 4.79 Å². The first kappa shape index (κ1) is 19.3. The van der Waals surface area contributed by atoms with E-state index in [0.29, 0.717) is 16.7 Å². The molecule has 1 aromatic heterocycles. The fourth-order valence-corrected chi connectivity index (χ4v) is 3.93. The molecule has 0 fully saturated rings. The number of hydrogen-bond donors (Lipinski definition) is 0. The summed E-state index contributed by atoms with van der Waals surface area (Å²) in [5.41, 5.74) is 2.31. The van der Waals surface area contributed by atoms with Crippen LogP contribution in [0, 0.1) is 0 Å². The second-order valence-corrected chi connectivity index (χ2v) is 8.79. The predicted molar refractivity (Wildman–Crippen MR) is 126 cm³/mol. The maximum absolute atomic E-state index is 13.3. The highest BCUT2D eigenvalue weighted by molar-refractivity contribution is 9.11. The van der Waals surface area contributed by atoms with Gasteiger partial charge in [0.2, 0.25) is 0 Å². The van der Waals surface area contributed by atoms with Crippen molar-refractivity contribution in [2.45, 2.75) is 0 Å². The van der Waals surface area contributed by atoms with Gasteiger partial charge < -0.3 is 0 Å². The lowest BCUT2D eigenvalue weighted by Crippen LogP contribution is -2.22. The van der Waals surface area contributed by atoms with E-state index >= 15 is 0 Å². The minimum Gasteiger partial charge on any atom is -0.268 e. The van der Waals surface area contributed by atoms with Crippen LogP contribution in [0.25, 0.3) is 28.7 Å². The van der Waals surface area contributed by atoms with Crippen LogP contribution in [-0.2, 0) is 0 Å². The molecule has 0 bridgehead atoms. The summed E-state index contributed by atoms with van der Waals surface area (Å²) in [6, 6.07) is 21.1. The standard InChI is InChI=1S/C22H13Br3N2O/c23-15-8-5-14(6-9-15)7-12-21-26-19-4-2-1-3-17(19)22(28)27(21)20-13-16(24)10-11-18(20)25/h1-13H. The zero-order valence-corrected chi connectivity index (χ0v) is 19.2. The van der Waals surface area contributed by atoms with Gasteiger partial charge in [0.15, 0.2) is 0 Å². The van der Waals surface area contributed by atoms with Gasteiger partial charge in [-0.2, -0.15) is 0 Å². The van der Waals surface area contributed by atoms with E-state index in [4.69, 9.17) is 4.98 Å². The molecule has 3 nitrogen and oxygen atoms in total. The first-order valence-corrected chi connectivity index (χ1v) is 10.8. The van der Waals surface area contributed by atoms with E-state index in [-0.39, 0.29) is 5.56 Å². The average Bonchev–Trinajstić information content (AvgIpc) is 2.70. The number of halogens is 3. The van der Waals surface area contributed by atoms with Crippen LogP contribution in [-0.4, -0.2) is 9.55 Å². The Morgan fingerprint density at radius 1 is 0.821 bits per heavy atom. The molecule has 4 rings (SSSR count). The van der Waals surface area contributed by atoms with Gasteiger partial charge in [0.25, 0.3) is 5.56 Å². The third-order valence-corrected chi connectivity index (χ3v) is 5.94. The summed E-state index contributed by atoms with van der Waals surface area (Å²) in [5.74, 6) is 0.561. The molecule has 0 spiro atoms. The highest BCUT2D eigenvalue weighted by Gasteiger charge is 2.13. The number of fused-ring (bicyclic) bond motifs is 1. The van der Waals surface area contributed by atoms with Crippen molar-refractivity contribution in [2.24, 2.45) is 0 Å². The molecule has 3 aromatic carbocycles. The summed E-state index contributed by atoms with van der Waals surface area (Å²) >= 11 is 10.5. The summed E-state index contributed by atoms with van der Waals surface area (Å²) < 4.78 is 4.34. The topological polar surface area (TPSA) is 34.9 Å². The van der Waals surface area contributed by atoms with Crippen LogP contribution < -0.4 is 5.56 Å². The van der Waals surface area contributed by atoms with E-state index in [0.717, 1.165) is 24.7 Å². The third kappa shape index (κ3) is 3.90. The van der Waals surface area contributed by atoms with Gasteiger partial charge in [0.1, 0.15) is 5.82 Å². The summed E-state index contributed by atoms with van der Waals surface area (Å²) in [7, 11) is 0. The normalized spacial score (nSPS) is 11.4. The van der Waals surface area contributed by atoms with Gasteiger partial charge in [-0.25, -0.2) is 4.98 Å². The number of hydrogen-bond acceptors (Lipinski definition) is 2. The molecular formula is C22H13Br3N2O. The van der Waals surface area contributed by atoms with E-state index < -0.39 is 0 Å².